The number of rotatable bonds is 2. The Bertz CT molecular complexity index is 701. The van der Waals surface area contributed by atoms with E-state index in [-0.39, 0.29) is 0 Å². The average Bonchev–Trinajstić information content (AvgIpc) is 2.71. The van der Waals surface area contributed by atoms with E-state index < -0.39 is 0 Å². The number of benzene rings is 2. The van der Waals surface area contributed by atoms with Crippen LogP contribution in [0.4, 0.5) is 0 Å². The summed E-state index contributed by atoms with van der Waals surface area (Å²) in [7, 11) is 0. The van der Waals surface area contributed by atoms with Crippen molar-refractivity contribution in [3.05, 3.63) is 59.3 Å². The van der Waals surface area contributed by atoms with Crippen LogP contribution >= 0.6 is 11.6 Å². The lowest BCUT2D eigenvalue weighted by Crippen LogP contribution is -1.84. The van der Waals surface area contributed by atoms with Crippen molar-refractivity contribution in [1.29, 1.82) is 0 Å². The molecule has 3 heteroatoms. The van der Waals surface area contributed by atoms with E-state index in [4.69, 9.17) is 20.8 Å². The Morgan fingerprint density at radius 3 is 2.72 bits per heavy atom. The molecule has 0 saturated carbocycles. The third kappa shape index (κ3) is 2.07. The van der Waals surface area contributed by atoms with E-state index in [1.54, 1.807) is 6.07 Å². The van der Waals surface area contributed by atoms with Crippen LogP contribution in [0.25, 0.3) is 11.0 Å². The highest BCUT2D eigenvalue weighted by Gasteiger charge is 2.08. The van der Waals surface area contributed by atoms with Crippen molar-refractivity contribution in [3.63, 3.8) is 0 Å². The van der Waals surface area contributed by atoms with Crippen molar-refractivity contribution in [1.82, 2.24) is 0 Å². The van der Waals surface area contributed by atoms with Crippen molar-refractivity contribution in [2.45, 2.75) is 6.92 Å². The zero-order valence-corrected chi connectivity index (χ0v) is 10.6. The monoisotopic (exact) mass is 258 g/mol. The average molecular weight is 259 g/mol. The second-order valence-electron chi connectivity index (χ2n) is 4.09. The Hall–Kier alpha value is -1.93. The highest BCUT2D eigenvalue weighted by Crippen LogP contribution is 2.32. The second kappa shape index (κ2) is 4.39. The summed E-state index contributed by atoms with van der Waals surface area (Å²) >= 11 is 5.93. The van der Waals surface area contributed by atoms with Crippen molar-refractivity contribution in [2.24, 2.45) is 0 Å². The molecule has 0 N–H and O–H groups in total. The van der Waals surface area contributed by atoms with Gasteiger partial charge in [-0.15, -0.1) is 0 Å². The van der Waals surface area contributed by atoms with Crippen molar-refractivity contribution >= 4 is 22.6 Å². The third-order valence-corrected chi connectivity index (χ3v) is 2.89. The van der Waals surface area contributed by atoms with Gasteiger partial charge in [0.25, 0.3) is 0 Å². The summed E-state index contributed by atoms with van der Waals surface area (Å²) in [5.74, 6) is 2.26. The van der Waals surface area contributed by atoms with E-state index in [2.05, 4.69) is 0 Å². The fourth-order valence-corrected chi connectivity index (χ4v) is 2.08. The quantitative estimate of drug-likeness (QED) is 0.631. The molecule has 0 aliphatic carbocycles. The van der Waals surface area contributed by atoms with Crippen LogP contribution in [0, 0.1) is 6.92 Å². The zero-order chi connectivity index (χ0) is 12.5. The Balaban J connectivity index is 2.04. The van der Waals surface area contributed by atoms with Crippen molar-refractivity contribution < 1.29 is 9.15 Å². The van der Waals surface area contributed by atoms with Crippen LogP contribution in [0.15, 0.2) is 52.9 Å². The van der Waals surface area contributed by atoms with E-state index in [1.165, 1.54) is 0 Å². The molecule has 0 spiro atoms. The van der Waals surface area contributed by atoms with Gasteiger partial charge in [-0.2, -0.15) is 0 Å². The normalized spacial score (nSPS) is 10.8. The summed E-state index contributed by atoms with van der Waals surface area (Å²) in [4.78, 5) is 0. The predicted octanol–water partition coefficient (Wildman–Crippen LogP) is 5.19. The number of hydrogen-bond donors (Lipinski definition) is 0. The van der Waals surface area contributed by atoms with E-state index in [9.17, 15) is 0 Å². The molecule has 90 valence electrons. The van der Waals surface area contributed by atoms with Crippen LogP contribution in [0.3, 0.4) is 0 Å². The SMILES string of the molecule is Cc1cc2cccc(Oc3cccc(Cl)c3)c2o1. The topological polar surface area (TPSA) is 22.4 Å². The van der Waals surface area contributed by atoms with Gasteiger partial charge < -0.3 is 9.15 Å². The van der Waals surface area contributed by atoms with Gasteiger partial charge in [-0.05, 0) is 37.3 Å². The van der Waals surface area contributed by atoms with Gasteiger partial charge in [-0.3, -0.25) is 0 Å². The lowest BCUT2D eigenvalue weighted by molar-refractivity contribution is 0.469. The number of ether oxygens (including phenoxy) is 1. The van der Waals surface area contributed by atoms with Gasteiger partial charge in [0.1, 0.15) is 11.5 Å². The molecule has 0 saturated heterocycles. The molecule has 0 aliphatic heterocycles. The second-order valence-corrected chi connectivity index (χ2v) is 4.53. The van der Waals surface area contributed by atoms with Crippen LogP contribution in [0.1, 0.15) is 5.76 Å². The van der Waals surface area contributed by atoms with Gasteiger partial charge in [-0.25, -0.2) is 0 Å². The van der Waals surface area contributed by atoms with Gasteiger partial charge in [0.2, 0.25) is 0 Å². The molecule has 3 aromatic rings. The smallest absolute Gasteiger partial charge is 0.176 e. The minimum Gasteiger partial charge on any atom is -0.457 e. The third-order valence-electron chi connectivity index (χ3n) is 2.66. The van der Waals surface area contributed by atoms with E-state index in [0.717, 1.165) is 16.7 Å². The number of aryl methyl sites for hydroxylation is 1. The maximum Gasteiger partial charge on any atom is 0.176 e. The number of fused-ring (bicyclic) bond motifs is 1. The Morgan fingerprint density at radius 1 is 1.06 bits per heavy atom. The maximum atomic E-state index is 5.93. The highest BCUT2D eigenvalue weighted by atomic mass is 35.5. The first-order valence-corrected chi connectivity index (χ1v) is 6.03. The summed E-state index contributed by atoms with van der Waals surface area (Å²) in [6, 6.07) is 15.1. The van der Waals surface area contributed by atoms with Crippen molar-refractivity contribution in [3.8, 4) is 11.5 Å². The summed E-state index contributed by atoms with van der Waals surface area (Å²) in [5, 5.41) is 1.68. The highest BCUT2D eigenvalue weighted by molar-refractivity contribution is 6.30. The standard InChI is InChI=1S/C15H11ClO2/c1-10-8-11-4-2-7-14(15(11)17-10)18-13-6-3-5-12(16)9-13/h2-9H,1H3. The van der Waals surface area contributed by atoms with Crippen LogP contribution < -0.4 is 4.74 Å². The Kier molecular flexibility index (Phi) is 2.73. The zero-order valence-electron chi connectivity index (χ0n) is 9.81. The largest absolute Gasteiger partial charge is 0.457 e. The van der Waals surface area contributed by atoms with Gasteiger partial charge in [0.15, 0.2) is 11.3 Å². The first-order valence-electron chi connectivity index (χ1n) is 5.65. The number of halogens is 1. The fourth-order valence-electron chi connectivity index (χ4n) is 1.90. The molecule has 2 aromatic carbocycles. The minimum atomic E-state index is 0.648. The van der Waals surface area contributed by atoms with E-state index >= 15 is 0 Å². The summed E-state index contributed by atoms with van der Waals surface area (Å²) < 4.78 is 11.5. The van der Waals surface area contributed by atoms with Crippen LogP contribution in [-0.2, 0) is 0 Å². The number of hydrogen-bond acceptors (Lipinski definition) is 2. The Labute approximate surface area is 110 Å². The summed E-state index contributed by atoms with van der Waals surface area (Å²) in [6.07, 6.45) is 0. The van der Waals surface area contributed by atoms with E-state index in [0.29, 0.717) is 16.5 Å². The lowest BCUT2D eigenvalue weighted by Gasteiger charge is -2.06. The molecule has 0 unspecified atom stereocenters. The van der Waals surface area contributed by atoms with Gasteiger partial charge in [0.05, 0.1) is 0 Å². The van der Waals surface area contributed by atoms with Crippen LogP contribution in [0.5, 0.6) is 11.5 Å². The molecule has 0 amide bonds. The summed E-state index contributed by atoms with van der Waals surface area (Å²) in [5.41, 5.74) is 0.759. The number of para-hydroxylation sites is 1. The van der Waals surface area contributed by atoms with Crippen LogP contribution in [0.2, 0.25) is 5.02 Å². The first kappa shape index (κ1) is 11.2. The molecular weight excluding hydrogens is 248 g/mol. The molecule has 0 aliphatic rings. The predicted molar refractivity (Wildman–Crippen MR) is 72.5 cm³/mol. The molecule has 3 rings (SSSR count). The van der Waals surface area contributed by atoms with Crippen molar-refractivity contribution in [2.75, 3.05) is 0 Å². The van der Waals surface area contributed by atoms with E-state index in [1.807, 2.05) is 49.4 Å². The summed E-state index contributed by atoms with van der Waals surface area (Å²) in [6.45, 7) is 1.92. The maximum absolute atomic E-state index is 5.93. The van der Waals surface area contributed by atoms with Gasteiger partial charge in [-0.1, -0.05) is 29.8 Å². The molecule has 0 radical (unpaired) electrons. The minimum absolute atomic E-state index is 0.648. The van der Waals surface area contributed by atoms with Crippen LogP contribution in [-0.4, -0.2) is 0 Å². The molecule has 0 atom stereocenters. The first-order chi connectivity index (χ1) is 8.72. The molecule has 1 aromatic heterocycles. The molecular formula is C15H11ClO2. The molecule has 1 heterocycles. The Morgan fingerprint density at radius 2 is 1.89 bits per heavy atom. The molecule has 18 heavy (non-hydrogen) atoms. The lowest BCUT2D eigenvalue weighted by atomic mass is 10.2. The number of furan rings is 1. The van der Waals surface area contributed by atoms with Gasteiger partial charge in [0, 0.05) is 10.4 Å². The fraction of sp³-hybridized carbons (Fsp3) is 0.0667. The van der Waals surface area contributed by atoms with Gasteiger partial charge >= 0.3 is 0 Å². The molecule has 2 nitrogen and oxygen atoms in total. The molecule has 0 fully saturated rings. The molecule has 0 bridgehead atoms.